The number of rotatable bonds is 8. The van der Waals surface area contributed by atoms with Crippen molar-refractivity contribution in [1.82, 2.24) is 14.6 Å². The fourth-order valence-corrected chi connectivity index (χ4v) is 7.41. The van der Waals surface area contributed by atoms with Gasteiger partial charge < -0.3 is 14.6 Å². The molecule has 0 atom stereocenters. The van der Waals surface area contributed by atoms with E-state index >= 15 is 0 Å². The summed E-state index contributed by atoms with van der Waals surface area (Å²) in [7, 11) is -3.70. The Kier molecular flexibility index (Phi) is 8.29. The van der Waals surface area contributed by atoms with E-state index in [0.29, 0.717) is 11.5 Å². The molecule has 236 valence electrons. The van der Waals surface area contributed by atoms with E-state index in [1.54, 1.807) is 13.8 Å². The van der Waals surface area contributed by atoms with E-state index in [2.05, 4.69) is 42.8 Å². The van der Waals surface area contributed by atoms with E-state index in [4.69, 9.17) is 4.74 Å². The number of carbonyl (C=O) groups excluding carboxylic acids is 2. The summed E-state index contributed by atoms with van der Waals surface area (Å²) in [5.74, 6) is 0.695. The number of ether oxygens (including phenoxy) is 1. The standard InChI is InChI=1S/C34H49N3O5S/c1-22-25(30(38)35-21-33(5,6)31(39)36-43(7,40)41)19-28(37(22)20-23-11-9-8-10-12-23)24-17-26(32(2,3)4)29-27(18-24)34(13-14-34)15-16-42-29/h17-19,23H,8-16,20-21H2,1-7H3,(H,35,38)(H,36,39). The zero-order valence-corrected chi connectivity index (χ0v) is 27.8. The van der Waals surface area contributed by atoms with Gasteiger partial charge in [0.25, 0.3) is 5.91 Å². The van der Waals surface area contributed by atoms with Gasteiger partial charge in [0.2, 0.25) is 15.9 Å². The molecule has 5 rings (SSSR count). The third-order valence-electron chi connectivity index (χ3n) is 9.80. The number of fused-ring (bicyclic) bond motifs is 2. The lowest BCUT2D eigenvalue weighted by atomic mass is 9.79. The molecule has 0 bridgehead atoms. The quantitative estimate of drug-likeness (QED) is 0.382. The van der Waals surface area contributed by atoms with E-state index in [1.165, 1.54) is 56.1 Å². The van der Waals surface area contributed by atoms with Gasteiger partial charge in [0.1, 0.15) is 5.75 Å². The van der Waals surface area contributed by atoms with Gasteiger partial charge in [0, 0.05) is 41.0 Å². The average molecular weight is 612 g/mol. The van der Waals surface area contributed by atoms with Gasteiger partial charge in [-0.25, -0.2) is 8.42 Å². The number of amides is 2. The first-order valence-corrected chi connectivity index (χ1v) is 17.7. The van der Waals surface area contributed by atoms with E-state index in [9.17, 15) is 18.0 Å². The Morgan fingerprint density at radius 2 is 1.70 bits per heavy atom. The molecule has 1 aromatic heterocycles. The van der Waals surface area contributed by atoms with E-state index in [0.717, 1.165) is 48.5 Å². The normalized spacial score (nSPS) is 18.6. The summed E-state index contributed by atoms with van der Waals surface area (Å²) in [6, 6.07) is 6.60. The van der Waals surface area contributed by atoms with Crippen LogP contribution in [0.25, 0.3) is 11.3 Å². The highest BCUT2D eigenvalue weighted by atomic mass is 32.2. The minimum absolute atomic E-state index is 0.00262. The van der Waals surface area contributed by atoms with Crippen LogP contribution >= 0.6 is 0 Å². The topological polar surface area (TPSA) is 106 Å². The lowest BCUT2D eigenvalue weighted by molar-refractivity contribution is -0.127. The van der Waals surface area contributed by atoms with Gasteiger partial charge in [0.05, 0.1) is 23.8 Å². The Hall–Kier alpha value is -2.81. The Labute approximate surface area is 257 Å². The molecule has 1 spiro atoms. The Morgan fingerprint density at radius 1 is 1.02 bits per heavy atom. The van der Waals surface area contributed by atoms with Crippen molar-refractivity contribution >= 4 is 21.8 Å². The Morgan fingerprint density at radius 3 is 2.30 bits per heavy atom. The minimum Gasteiger partial charge on any atom is -0.493 e. The van der Waals surface area contributed by atoms with Gasteiger partial charge in [-0.1, -0.05) is 40.0 Å². The highest BCUT2D eigenvalue weighted by Gasteiger charge is 2.49. The first kappa shape index (κ1) is 31.6. The van der Waals surface area contributed by atoms with Crippen molar-refractivity contribution in [3.63, 3.8) is 0 Å². The van der Waals surface area contributed by atoms with E-state index in [1.807, 2.05) is 17.7 Å². The summed E-state index contributed by atoms with van der Waals surface area (Å²) in [5.41, 5.74) is 5.15. The van der Waals surface area contributed by atoms with Gasteiger partial charge in [-0.3, -0.25) is 14.3 Å². The van der Waals surface area contributed by atoms with Crippen molar-refractivity contribution in [2.45, 2.75) is 110 Å². The summed E-state index contributed by atoms with van der Waals surface area (Å²) >= 11 is 0. The number of carbonyl (C=O) groups is 2. The van der Waals surface area contributed by atoms with Crippen molar-refractivity contribution < 1.29 is 22.7 Å². The summed E-state index contributed by atoms with van der Waals surface area (Å²) < 4.78 is 34.0. The monoisotopic (exact) mass is 611 g/mol. The number of hydrogen-bond donors (Lipinski definition) is 2. The lowest BCUT2D eigenvalue weighted by Gasteiger charge is -2.33. The molecule has 2 amide bonds. The van der Waals surface area contributed by atoms with Crippen molar-refractivity contribution in [2.75, 3.05) is 19.4 Å². The van der Waals surface area contributed by atoms with Crippen LogP contribution in [0, 0.1) is 18.3 Å². The van der Waals surface area contributed by atoms with Crippen molar-refractivity contribution in [3.8, 4) is 17.0 Å². The zero-order valence-electron chi connectivity index (χ0n) is 27.0. The fraction of sp³-hybridized carbons (Fsp3) is 0.647. The van der Waals surface area contributed by atoms with Crippen LogP contribution in [0.1, 0.15) is 113 Å². The van der Waals surface area contributed by atoms with Crippen molar-refractivity contribution in [2.24, 2.45) is 11.3 Å². The molecule has 2 N–H and O–H groups in total. The fourth-order valence-electron chi connectivity index (χ4n) is 6.80. The predicted octanol–water partition coefficient (Wildman–Crippen LogP) is 5.99. The van der Waals surface area contributed by atoms with Gasteiger partial charge in [-0.2, -0.15) is 0 Å². The maximum atomic E-state index is 13.7. The van der Waals surface area contributed by atoms with Crippen LogP contribution in [-0.2, 0) is 32.2 Å². The molecule has 3 aliphatic rings. The number of sulfonamides is 1. The molecule has 9 heteroatoms. The molecule has 43 heavy (non-hydrogen) atoms. The molecule has 0 radical (unpaired) electrons. The first-order valence-electron chi connectivity index (χ1n) is 15.8. The maximum Gasteiger partial charge on any atom is 0.253 e. The number of nitrogens with zero attached hydrogens (tertiary/aromatic N) is 1. The third kappa shape index (κ3) is 6.66. The molecule has 2 aliphatic carbocycles. The zero-order chi connectivity index (χ0) is 31.4. The molecule has 2 aromatic rings. The summed E-state index contributed by atoms with van der Waals surface area (Å²) in [6.45, 7) is 13.6. The highest BCUT2D eigenvalue weighted by Crippen LogP contribution is 2.58. The van der Waals surface area contributed by atoms with Crippen molar-refractivity contribution in [3.05, 3.63) is 40.6 Å². The highest BCUT2D eigenvalue weighted by molar-refractivity contribution is 7.89. The molecule has 2 fully saturated rings. The first-order chi connectivity index (χ1) is 20.0. The summed E-state index contributed by atoms with van der Waals surface area (Å²) in [4.78, 5) is 26.3. The molecule has 8 nitrogen and oxygen atoms in total. The predicted molar refractivity (Wildman–Crippen MR) is 170 cm³/mol. The van der Waals surface area contributed by atoms with Crippen LogP contribution in [0.3, 0.4) is 0 Å². The Bertz CT molecular complexity index is 1500. The van der Waals surface area contributed by atoms with Gasteiger partial charge >= 0.3 is 0 Å². The number of aromatic nitrogens is 1. The molecule has 2 heterocycles. The van der Waals surface area contributed by atoms with Crippen LogP contribution in [0.4, 0.5) is 0 Å². The smallest absolute Gasteiger partial charge is 0.253 e. The third-order valence-corrected chi connectivity index (χ3v) is 10.4. The second kappa shape index (κ2) is 11.3. The number of hydrogen-bond acceptors (Lipinski definition) is 5. The van der Waals surface area contributed by atoms with E-state index < -0.39 is 21.3 Å². The van der Waals surface area contributed by atoms with Gasteiger partial charge in [-0.15, -0.1) is 0 Å². The molecular weight excluding hydrogens is 562 g/mol. The lowest BCUT2D eigenvalue weighted by Crippen LogP contribution is -2.46. The second-order valence-electron chi connectivity index (χ2n) is 14.9. The molecule has 1 aliphatic heterocycles. The minimum atomic E-state index is -3.70. The largest absolute Gasteiger partial charge is 0.493 e. The van der Waals surface area contributed by atoms with Crippen LogP contribution in [0.15, 0.2) is 18.2 Å². The molecule has 2 saturated carbocycles. The van der Waals surface area contributed by atoms with Gasteiger partial charge in [0.15, 0.2) is 0 Å². The van der Waals surface area contributed by atoms with E-state index in [-0.39, 0.29) is 23.3 Å². The van der Waals surface area contributed by atoms with Gasteiger partial charge in [-0.05, 0) is 88.0 Å². The summed E-state index contributed by atoms with van der Waals surface area (Å²) in [5, 5.41) is 2.92. The molecular formula is C34H49N3O5S. The summed E-state index contributed by atoms with van der Waals surface area (Å²) in [6.07, 6.45) is 10.5. The number of nitrogens with one attached hydrogen (secondary N) is 2. The van der Waals surface area contributed by atoms with Crippen LogP contribution in [-0.4, -0.2) is 44.2 Å². The molecule has 0 unspecified atom stereocenters. The molecule has 1 aromatic carbocycles. The van der Waals surface area contributed by atoms with Crippen LogP contribution in [0.2, 0.25) is 0 Å². The van der Waals surface area contributed by atoms with Crippen LogP contribution < -0.4 is 14.8 Å². The maximum absolute atomic E-state index is 13.7. The average Bonchev–Trinajstić information content (AvgIpc) is 3.62. The van der Waals surface area contributed by atoms with Crippen LogP contribution in [0.5, 0.6) is 5.75 Å². The second-order valence-corrected chi connectivity index (χ2v) is 16.7. The number of benzene rings is 1. The Balaban J connectivity index is 1.54. The molecule has 0 saturated heterocycles. The SMILES string of the molecule is Cc1c(C(=O)NCC(C)(C)C(=O)NS(C)(=O)=O)cc(-c2cc(C(C)(C)C)c3c(c2)C2(CCO3)CC2)n1CC1CCCCC1. The van der Waals surface area contributed by atoms with Crippen molar-refractivity contribution in [1.29, 1.82) is 0 Å².